The summed E-state index contributed by atoms with van der Waals surface area (Å²) in [5.74, 6) is 0.425. The van der Waals surface area contributed by atoms with Crippen LogP contribution in [0.2, 0.25) is 0 Å². The first kappa shape index (κ1) is 24.5. The van der Waals surface area contributed by atoms with Crippen LogP contribution in [0, 0.1) is 0 Å². The fourth-order valence-electron chi connectivity index (χ4n) is 3.10. The van der Waals surface area contributed by atoms with Gasteiger partial charge in [0.25, 0.3) is 12.9 Å². The van der Waals surface area contributed by atoms with Crippen LogP contribution in [0.4, 0.5) is 23.2 Å². The Bertz CT molecular complexity index is 972. The smallest absolute Gasteiger partial charge is 0.255 e. The van der Waals surface area contributed by atoms with Crippen LogP contribution < -0.4 is 20.3 Å². The van der Waals surface area contributed by atoms with E-state index >= 15 is 0 Å². The number of rotatable bonds is 10. The molecule has 0 fully saturated rings. The van der Waals surface area contributed by atoms with E-state index in [4.69, 9.17) is 4.74 Å². The third kappa shape index (κ3) is 7.45. The van der Waals surface area contributed by atoms with Gasteiger partial charge in [-0.15, -0.1) is 0 Å². The number of methoxy groups -OCH3 is 1. The number of anilines is 1. The zero-order chi connectivity index (χ0) is 23.8. The molecule has 33 heavy (non-hydrogen) atoms. The predicted octanol–water partition coefficient (Wildman–Crippen LogP) is 4.78. The van der Waals surface area contributed by atoms with Crippen LogP contribution in [0.5, 0.6) is 5.75 Å². The summed E-state index contributed by atoms with van der Waals surface area (Å²) in [5, 5.41) is 7.95. The number of thioether (sulfide) groups is 1. The molecule has 2 N–H and O–H groups in total. The van der Waals surface area contributed by atoms with Crippen LogP contribution >= 0.6 is 11.8 Å². The highest BCUT2D eigenvalue weighted by molar-refractivity contribution is 8.03. The molecule has 2 aromatic rings. The van der Waals surface area contributed by atoms with Crippen molar-refractivity contribution in [3.8, 4) is 5.75 Å². The van der Waals surface area contributed by atoms with Crippen molar-refractivity contribution in [2.45, 2.75) is 18.3 Å². The minimum Gasteiger partial charge on any atom is -0.497 e. The molecular weight excluding hydrogens is 458 g/mol. The lowest BCUT2D eigenvalue weighted by Crippen LogP contribution is -2.38. The molecule has 3 rings (SSSR count). The highest BCUT2D eigenvalue weighted by Crippen LogP contribution is 2.27. The summed E-state index contributed by atoms with van der Waals surface area (Å²) in [6, 6.07) is 13.6. The Kier molecular flexibility index (Phi) is 8.65. The van der Waals surface area contributed by atoms with Gasteiger partial charge in [-0.2, -0.15) is 0 Å². The number of ether oxygens (including phenoxy) is 1. The van der Waals surface area contributed by atoms with Crippen LogP contribution in [-0.2, 0) is 4.79 Å². The van der Waals surface area contributed by atoms with Gasteiger partial charge in [0.2, 0.25) is 5.91 Å². The fourth-order valence-corrected chi connectivity index (χ4v) is 3.96. The number of halogens is 4. The Labute approximate surface area is 193 Å². The van der Waals surface area contributed by atoms with Crippen LogP contribution in [0.3, 0.4) is 0 Å². The first-order valence-corrected chi connectivity index (χ1v) is 10.9. The molecule has 1 unspecified atom stereocenters. The topological polar surface area (TPSA) is 53.6 Å². The number of nitrogens with zero attached hydrogens (tertiary/aromatic N) is 1. The van der Waals surface area contributed by atoms with Gasteiger partial charge >= 0.3 is 0 Å². The normalized spacial score (nSPS) is 15.6. The van der Waals surface area contributed by atoms with E-state index in [9.17, 15) is 22.4 Å². The molecule has 1 aliphatic heterocycles. The summed E-state index contributed by atoms with van der Waals surface area (Å²) in [6.45, 7) is -1.55. The average molecular weight is 482 g/mol. The molecule has 2 aromatic carbocycles. The van der Waals surface area contributed by atoms with Gasteiger partial charge in [-0.05, 0) is 59.0 Å². The minimum absolute atomic E-state index is 0.265. The van der Waals surface area contributed by atoms with Crippen molar-refractivity contribution >= 4 is 35.1 Å². The van der Waals surface area contributed by atoms with Gasteiger partial charge in [-0.1, -0.05) is 23.9 Å². The molecule has 0 bridgehead atoms. The number of carbonyl (C=O) groups excluding carboxylic acids is 1. The largest absolute Gasteiger partial charge is 0.497 e. The van der Waals surface area contributed by atoms with Crippen molar-refractivity contribution in [1.29, 1.82) is 0 Å². The van der Waals surface area contributed by atoms with Crippen LogP contribution in [0.25, 0.3) is 11.8 Å². The lowest BCUT2D eigenvalue weighted by Gasteiger charge is -2.24. The summed E-state index contributed by atoms with van der Waals surface area (Å²) < 4.78 is 55.8. The zero-order valence-electron chi connectivity index (χ0n) is 17.7. The molecule has 1 heterocycles. The minimum atomic E-state index is -2.73. The van der Waals surface area contributed by atoms with E-state index in [1.165, 1.54) is 30.0 Å². The van der Waals surface area contributed by atoms with Crippen LogP contribution in [-0.4, -0.2) is 44.5 Å². The molecule has 0 radical (unpaired) electrons. The summed E-state index contributed by atoms with van der Waals surface area (Å²) in [4.78, 5) is 13.2. The van der Waals surface area contributed by atoms with Gasteiger partial charge in [0.1, 0.15) is 5.75 Å². The Morgan fingerprint density at radius 2 is 1.73 bits per heavy atom. The zero-order valence-corrected chi connectivity index (χ0v) is 18.5. The van der Waals surface area contributed by atoms with Gasteiger partial charge in [0, 0.05) is 11.8 Å². The van der Waals surface area contributed by atoms with Crippen molar-refractivity contribution in [2.24, 2.45) is 0 Å². The van der Waals surface area contributed by atoms with E-state index in [-0.39, 0.29) is 17.1 Å². The number of carbonyl (C=O) groups is 1. The number of amides is 1. The maximum Gasteiger partial charge on any atom is 0.255 e. The van der Waals surface area contributed by atoms with Crippen molar-refractivity contribution in [1.82, 2.24) is 10.6 Å². The molecule has 0 saturated carbocycles. The molecule has 176 valence electrons. The second-order valence-electron chi connectivity index (χ2n) is 7.04. The van der Waals surface area contributed by atoms with Crippen molar-refractivity contribution in [2.75, 3.05) is 25.1 Å². The monoisotopic (exact) mass is 481 g/mol. The van der Waals surface area contributed by atoms with Gasteiger partial charge in [-0.25, -0.2) is 17.6 Å². The van der Waals surface area contributed by atoms with E-state index in [1.54, 1.807) is 25.3 Å². The number of benzene rings is 2. The molecule has 5 nitrogen and oxygen atoms in total. The molecule has 0 saturated heterocycles. The summed E-state index contributed by atoms with van der Waals surface area (Å²) in [7, 11) is 1.60. The first-order valence-electron chi connectivity index (χ1n) is 10.0. The molecule has 0 spiro atoms. The maximum atomic E-state index is 12.7. The summed E-state index contributed by atoms with van der Waals surface area (Å²) in [6.07, 6.45) is -2.55. The number of nitrogens with one attached hydrogen (secondary N) is 2. The Balaban J connectivity index is 1.52. The van der Waals surface area contributed by atoms with Crippen molar-refractivity contribution < 1.29 is 27.1 Å². The molecule has 0 aliphatic carbocycles. The average Bonchev–Trinajstić information content (AvgIpc) is 3.25. The maximum absolute atomic E-state index is 12.7. The van der Waals surface area contributed by atoms with Crippen molar-refractivity contribution in [3.05, 3.63) is 71.1 Å². The first-order chi connectivity index (χ1) is 15.8. The van der Waals surface area contributed by atoms with Gasteiger partial charge in [0.05, 0.1) is 25.9 Å². The van der Waals surface area contributed by atoms with Gasteiger partial charge < -0.3 is 20.3 Å². The molecule has 0 aromatic heterocycles. The van der Waals surface area contributed by atoms with Gasteiger partial charge in [-0.3, -0.25) is 4.79 Å². The lowest BCUT2D eigenvalue weighted by molar-refractivity contribution is -0.116. The van der Waals surface area contributed by atoms with E-state index in [2.05, 4.69) is 10.6 Å². The Morgan fingerprint density at radius 1 is 1.09 bits per heavy atom. The van der Waals surface area contributed by atoms with E-state index in [1.807, 2.05) is 29.7 Å². The fraction of sp³-hybridized carbons (Fsp3) is 0.261. The second kappa shape index (κ2) is 11.6. The summed E-state index contributed by atoms with van der Waals surface area (Å²) in [5.41, 5.74) is 2.40. The SMILES string of the molecule is COc1ccc(C2=CSC(NC(=O)/C=C/c3ccc(N(CC(F)F)CC(F)F)cc3)N2)cc1. The highest BCUT2D eigenvalue weighted by atomic mass is 32.2. The van der Waals surface area contributed by atoms with Crippen LogP contribution in [0.15, 0.2) is 60.0 Å². The van der Waals surface area contributed by atoms with E-state index < -0.39 is 25.9 Å². The number of hydrogen-bond acceptors (Lipinski definition) is 5. The van der Waals surface area contributed by atoms with Crippen molar-refractivity contribution in [3.63, 3.8) is 0 Å². The third-order valence-electron chi connectivity index (χ3n) is 4.69. The lowest BCUT2D eigenvalue weighted by atomic mass is 10.1. The Hall–Kier alpha value is -3.14. The molecule has 1 amide bonds. The predicted molar refractivity (Wildman–Crippen MR) is 123 cm³/mol. The standard InChI is InChI=1S/C23H23F4N3O2S/c1-32-18-9-5-16(6-10-18)19-14-33-23(28-19)29-22(31)11-4-15-2-7-17(8-3-15)30(12-20(24)25)13-21(26)27/h2-11,14,20-21,23,28H,12-13H2,1H3,(H,29,31)/b11-4+. The summed E-state index contributed by atoms with van der Waals surface area (Å²) >= 11 is 1.42. The molecule has 1 atom stereocenters. The van der Waals surface area contributed by atoms with E-state index in [0.717, 1.165) is 21.9 Å². The van der Waals surface area contributed by atoms with E-state index in [0.29, 0.717) is 5.56 Å². The molecular formula is C23H23F4N3O2S. The third-order valence-corrected chi connectivity index (χ3v) is 5.56. The Morgan fingerprint density at radius 3 is 2.30 bits per heavy atom. The molecule has 1 aliphatic rings. The van der Waals surface area contributed by atoms with Crippen LogP contribution in [0.1, 0.15) is 11.1 Å². The molecule has 10 heteroatoms. The quantitative estimate of drug-likeness (QED) is 0.378. The second-order valence-corrected chi connectivity index (χ2v) is 8.02. The number of alkyl halides is 4. The van der Waals surface area contributed by atoms with Gasteiger partial charge in [0.15, 0.2) is 5.50 Å². The highest BCUT2D eigenvalue weighted by Gasteiger charge is 2.19. The number of hydrogen-bond donors (Lipinski definition) is 2.